The van der Waals surface area contributed by atoms with E-state index in [9.17, 15) is 4.79 Å². The lowest BCUT2D eigenvalue weighted by Crippen LogP contribution is -2.44. The number of carbonyl (C=O) groups is 1. The third-order valence-corrected chi connectivity index (χ3v) is 3.89. The molecule has 0 saturated carbocycles. The summed E-state index contributed by atoms with van der Waals surface area (Å²) in [6, 6.07) is 2.09. The van der Waals surface area contributed by atoms with Gasteiger partial charge in [-0.3, -0.25) is 4.79 Å². The molecule has 0 unspecified atom stereocenters. The number of nitrogens with zero attached hydrogens (tertiary/aromatic N) is 3. The van der Waals surface area contributed by atoms with Crippen LogP contribution in [0.2, 0.25) is 5.02 Å². The molecule has 0 bridgehead atoms. The Bertz CT molecular complexity index is 470. The van der Waals surface area contributed by atoms with Crippen molar-refractivity contribution in [2.24, 2.45) is 0 Å². The van der Waals surface area contributed by atoms with Gasteiger partial charge in [0.15, 0.2) is 0 Å². The van der Waals surface area contributed by atoms with Gasteiger partial charge >= 0.3 is 0 Å². The van der Waals surface area contributed by atoms with Crippen LogP contribution in [0.4, 0.5) is 5.82 Å². The maximum absolute atomic E-state index is 12.4. The molecule has 104 valence electrons. The fraction of sp³-hybridized carbons (Fsp3) is 0.538. The topological polar surface area (TPSA) is 62.5 Å². The van der Waals surface area contributed by atoms with Gasteiger partial charge in [0, 0.05) is 25.3 Å². The van der Waals surface area contributed by atoms with Gasteiger partial charge in [0.1, 0.15) is 5.82 Å². The van der Waals surface area contributed by atoms with Crippen LogP contribution in [0.25, 0.3) is 0 Å². The Kier molecular flexibility index (Phi) is 4.27. The van der Waals surface area contributed by atoms with E-state index in [1.165, 1.54) is 6.20 Å². The molecule has 6 heteroatoms. The van der Waals surface area contributed by atoms with Gasteiger partial charge in [-0.1, -0.05) is 11.6 Å². The summed E-state index contributed by atoms with van der Waals surface area (Å²) in [5, 5.41) is 0.355. The van der Waals surface area contributed by atoms with Crippen molar-refractivity contribution < 1.29 is 4.79 Å². The van der Waals surface area contributed by atoms with Crippen LogP contribution in [-0.2, 0) is 0 Å². The van der Waals surface area contributed by atoms with Crippen LogP contribution >= 0.6 is 11.6 Å². The van der Waals surface area contributed by atoms with Crippen molar-refractivity contribution in [3.63, 3.8) is 0 Å². The zero-order chi connectivity index (χ0) is 14.0. The molecule has 0 atom stereocenters. The number of nitrogens with two attached hydrogens (primary N) is 1. The first-order chi connectivity index (χ1) is 8.99. The highest BCUT2D eigenvalue weighted by Gasteiger charge is 2.25. The Hall–Kier alpha value is -1.33. The molecule has 0 aliphatic carbocycles. The molecule has 2 rings (SSSR count). The normalized spacial score (nSPS) is 16.9. The fourth-order valence-electron chi connectivity index (χ4n) is 2.37. The van der Waals surface area contributed by atoms with Crippen molar-refractivity contribution in [1.29, 1.82) is 0 Å². The highest BCUT2D eigenvalue weighted by molar-refractivity contribution is 6.33. The number of hydrogen-bond acceptors (Lipinski definition) is 4. The zero-order valence-corrected chi connectivity index (χ0v) is 12.0. The minimum Gasteiger partial charge on any atom is -0.384 e. The summed E-state index contributed by atoms with van der Waals surface area (Å²) in [7, 11) is 4.14. The van der Waals surface area contributed by atoms with E-state index in [1.54, 1.807) is 6.07 Å². The molecule has 2 N–H and O–H groups in total. The van der Waals surface area contributed by atoms with Crippen molar-refractivity contribution in [3.8, 4) is 0 Å². The smallest absolute Gasteiger partial charge is 0.255 e. The SMILES string of the molecule is CN(C)C1CCN(C(=O)c2cc(N)ncc2Cl)CC1. The average molecular weight is 283 g/mol. The van der Waals surface area contributed by atoms with Crippen molar-refractivity contribution in [1.82, 2.24) is 14.8 Å². The number of amides is 1. The molecule has 2 heterocycles. The molecule has 1 aromatic heterocycles. The second-order valence-electron chi connectivity index (χ2n) is 5.08. The lowest BCUT2D eigenvalue weighted by molar-refractivity contribution is 0.0663. The van der Waals surface area contributed by atoms with E-state index in [2.05, 4.69) is 24.0 Å². The van der Waals surface area contributed by atoms with Crippen LogP contribution in [0, 0.1) is 0 Å². The first kappa shape index (κ1) is 14.1. The van der Waals surface area contributed by atoms with Gasteiger partial charge in [0.2, 0.25) is 0 Å². The molecule has 5 nitrogen and oxygen atoms in total. The quantitative estimate of drug-likeness (QED) is 0.893. The van der Waals surface area contributed by atoms with Gasteiger partial charge in [-0.25, -0.2) is 4.98 Å². The molecule has 1 fully saturated rings. The van der Waals surface area contributed by atoms with E-state index in [1.807, 2.05) is 4.90 Å². The monoisotopic (exact) mass is 282 g/mol. The summed E-state index contributed by atoms with van der Waals surface area (Å²) in [5.41, 5.74) is 6.05. The number of carbonyl (C=O) groups excluding carboxylic acids is 1. The Morgan fingerprint density at radius 1 is 1.47 bits per heavy atom. The highest BCUT2D eigenvalue weighted by Crippen LogP contribution is 2.21. The number of anilines is 1. The number of pyridine rings is 1. The summed E-state index contributed by atoms with van der Waals surface area (Å²) in [6.45, 7) is 1.50. The van der Waals surface area contributed by atoms with Crippen LogP contribution in [0.5, 0.6) is 0 Å². The standard InChI is InChI=1S/C13H19ClN4O/c1-17(2)9-3-5-18(6-4-9)13(19)10-7-12(15)16-8-11(10)14/h7-9H,3-6H2,1-2H3,(H2,15,16). The van der Waals surface area contributed by atoms with E-state index >= 15 is 0 Å². The van der Waals surface area contributed by atoms with Crippen molar-refractivity contribution in [3.05, 3.63) is 22.8 Å². The van der Waals surface area contributed by atoms with Crippen LogP contribution in [0.1, 0.15) is 23.2 Å². The molecule has 0 spiro atoms. The molecular weight excluding hydrogens is 264 g/mol. The average Bonchev–Trinajstić information content (AvgIpc) is 2.41. The van der Waals surface area contributed by atoms with E-state index in [0.717, 1.165) is 25.9 Å². The summed E-state index contributed by atoms with van der Waals surface area (Å²) >= 11 is 6.02. The number of piperidine rings is 1. The Balaban J connectivity index is 2.07. The van der Waals surface area contributed by atoms with Crippen molar-refractivity contribution >= 4 is 23.3 Å². The molecule has 0 radical (unpaired) electrons. The van der Waals surface area contributed by atoms with Gasteiger partial charge in [-0.15, -0.1) is 0 Å². The zero-order valence-electron chi connectivity index (χ0n) is 11.3. The van der Waals surface area contributed by atoms with Gasteiger partial charge in [0.05, 0.1) is 10.6 Å². The predicted molar refractivity (Wildman–Crippen MR) is 76.3 cm³/mol. The molecule has 19 heavy (non-hydrogen) atoms. The number of nitrogen functional groups attached to an aromatic ring is 1. The number of rotatable bonds is 2. The summed E-state index contributed by atoms with van der Waals surface area (Å²) in [6.07, 6.45) is 3.39. The van der Waals surface area contributed by atoms with E-state index in [-0.39, 0.29) is 5.91 Å². The van der Waals surface area contributed by atoms with Gasteiger partial charge < -0.3 is 15.5 Å². The highest BCUT2D eigenvalue weighted by atomic mass is 35.5. The van der Waals surface area contributed by atoms with Crippen LogP contribution in [0.3, 0.4) is 0 Å². The minimum absolute atomic E-state index is 0.0590. The first-order valence-electron chi connectivity index (χ1n) is 6.35. The van der Waals surface area contributed by atoms with Crippen molar-refractivity contribution in [2.45, 2.75) is 18.9 Å². The summed E-state index contributed by atoms with van der Waals surface area (Å²) in [5.74, 6) is 0.257. The molecule has 1 amide bonds. The number of halogens is 1. The minimum atomic E-state index is -0.0590. The second kappa shape index (κ2) is 5.75. The van der Waals surface area contributed by atoms with E-state index < -0.39 is 0 Å². The van der Waals surface area contributed by atoms with Gasteiger partial charge in [0.25, 0.3) is 5.91 Å². The first-order valence-corrected chi connectivity index (χ1v) is 6.73. The fourth-order valence-corrected chi connectivity index (χ4v) is 2.56. The lowest BCUT2D eigenvalue weighted by Gasteiger charge is -2.35. The Morgan fingerprint density at radius 2 is 2.11 bits per heavy atom. The molecule has 1 aliphatic heterocycles. The molecule has 0 aromatic carbocycles. The third kappa shape index (κ3) is 3.16. The number of likely N-dealkylation sites (tertiary alicyclic amines) is 1. The lowest BCUT2D eigenvalue weighted by atomic mass is 10.0. The molecular formula is C13H19ClN4O. The molecule has 1 aliphatic rings. The summed E-state index contributed by atoms with van der Waals surface area (Å²) in [4.78, 5) is 20.3. The molecule has 1 aromatic rings. The maximum Gasteiger partial charge on any atom is 0.255 e. The predicted octanol–water partition coefficient (Wildman–Crippen LogP) is 1.48. The van der Waals surface area contributed by atoms with Crippen LogP contribution < -0.4 is 5.73 Å². The van der Waals surface area contributed by atoms with Gasteiger partial charge in [-0.05, 0) is 33.0 Å². The number of hydrogen-bond donors (Lipinski definition) is 1. The van der Waals surface area contributed by atoms with E-state index in [0.29, 0.717) is 22.4 Å². The van der Waals surface area contributed by atoms with E-state index in [4.69, 9.17) is 17.3 Å². The van der Waals surface area contributed by atoms with Crippen LogP contribution in [-0.4, -0.2) is 53.9 Å². The Labute approximate surface area is 118 Å². The van der Waals surface area contributed by atoms with Gasteiger partial charge in [-0.2, -0.15) is 0 Å². The molecule has 1 saturated heterocycles. The summed E-state index contributed by atoms with van der Waals surface area (Å²) < 4.78 is 0. The largest absolute Gasteiger partial charge is 0.384 e. The maximum atomic E-state index is 12.4. The number of aromatic nitrogens is 1. The Morgan fingerprint density at radius 3 is 2.68 bits per heavy atom. The van der Waals surface area contributed by atoms with Crippen molar-refractivity contribution in [2.75, 3.05) is 32.9 Å². The second-order valence-corrected chi connectivity index (χ2v) is 5.48. The third-order valence-electron chi connectivity index (χ3n) is 3.59. The van der Waals surface area contributed by atoms with Crippen LogP contribution in [0.15, 0.2) is 12.3 Å².